The van der Waals surface area contributed by atoms with Gasteiger partial charge in [-0.1, -0.05) is 11.6 Å². The van der Waals surface area contributed by atoms with Gasteiger partial charge in [0.2, 0.25) is 6.41 Å². The van der Waals surface area contributed by atoms with Gasteiger partial charge in [-0.15, -0.1) is 0 Å². The molecule has 0 aliphatic carbocycles. The fourth-order valence-corrected chi connectivity index (χ4v) is 4.86. The van der Waals surface area contributed by atoms with Crippen LogP contribution in [-0.2, 0) is 11.2 Å². The average Bonchev–Trinajstić information content (AvgIpc) is 2.82. The van der Waals surface area contributed by atoms with E-state index >= 15 is 0 Å². The normalized spacial score (nSPS) is 31.0. The Balaban J connectivity index is 1.78. The number of benzene rings is 1. The van der Waals surface area contributed by atoms with Gasteiger partial charge in [0.25, 0.3) is 0 Å². The first kappa shape index (κ1) is 17.0. The summed E-state index contributed by atoms with van der Waals surface area (Å²) in [7, 11) is 0. The number of piperidine rings is 3. The Labute approximate surface area is 154 Å². The van der Waals surface area contributed by atoms with Crippen LogP contribution in [0.15, 0.2) is 6.07 Å². The lowest BCUT2D eigenvalue weighted by atomic mass is 9.83. The number of nitrogens with zero attached hydrogens (tertiary/aromatic N) is 2. The molecule has 3 fully saturated rings. The largest absolute Gasteiger partial charge is 0.488 e. The Hall–Kier alpha value is -1.46. The van der Waals surface area contributed by atoms with Crippen molar-refractivity contribution in [2.75, 3.05) is 30.3 Å². The van der Waals surface area contributed by atoms with Gasteiger partial charge in [-0.3, -0.25) is 4.79 Å². The van der Waals surface area contributed by atoms with Crippen LogP contribution in [-0.4, -0.2) is 43.1 Å². The first-order valence-electron chi connectivity index (χ1n) is 9.32. The summed E-state index contributed by atoms with van der Waals surface area (Å²) < 4.78 is 6.22. The molecule has 2 N–H and O–H groups in total. The number of ether oxygens (including phenoxy) is 1. The Kier molecular flexibility index (Phi) is 4.54. The number of hydrogen-bond donors (Lipinski definition) is 1. The summed E-state index contributed by atoms with van der Waals surface area (Å²) in [5.41, 5.74) is 8.58. The third-order valence-electron chi connectivity index (χ3n) is 6.08. The quantitative estimate of drug-likeness (QED) is 0.662. The van der Waals surface area contributed by atoms with Crippen molar-refractivity contribution in [2.45, 2.75) is 51.2 Å². The summed E-state index contributed by atoms with van der Waals surface area (Å²) in [6, 6.07) is 2.01. The van der Waals surface area contributed by atoms with Crippen LogP contribution in [0, 0.1) is 5.92 Å². The van der Waals surface area contributed by atoms with E-state index in [1.165, 1.54) is 0 Å². The van der Waals surface area contributed by atoms with E-state index in [0.717, 1.165) is 75.1 Å². The SMILES string of the molecule is CC1CCCc2c(N)c(Cl)cc(N(C=O)C3CN4CCC3CC4)c2O1. The van der Waals surface area contributed by atoms with Crippen LogP contribution >= 0.6 is 11.6 Å². The molecule has 25 heavy (non-hydrogen) atoms. The summed E-state index contributed by atoms with van der Waals surface area (Å²) in [6.45, 7) is 5.28. The molecule has 1 amide bonds. The summed E-state index contributed by atoms with van der Waals surface area (Å²) >= 11 is 6.43. The minimum atomic E-state index is 0.112. The first-order chi connectivity index (χ1) is 12.1. The van der Waals surface area contributed by atoms with Crippen molar-refractivity contribution in [1.29, 1.82) is 0 Å². The van der Waals surface area contributed by atoms with Gasteiger partial charge in [-0.2, -0.15) is 0 Å². The molecule has 2 bridgehead atoms. The number of anilines is 2. The van der Waals surface area contributed by atoms with Crippen molar-refractivity contribution in [1.82, 2.24) is 4.90 Å². The second-order valence-corrected chi connectivity index (χ2v) is 8.04. The Morgan fingerprint density at radius 1 is 1.36 bits per heavy atom. The van der Waals surface area contributed by atoms with Crippen molar-refractivity contribution >= 4 is 29.4 Å². The minimum absolute atomic E-state index is 0.112. The van der Waals surface area contributed by atoms with Crippen LogP contribution in [0.4, 0.5) is 11.4 Å². The monoisotopic (exact) mass is 363 g/mol. The molecule has 4 aliphatic heterocycles. The molecule has 2 atom stereocenters. The number of nitrogens with two attached hydrogens (primary N) is 1. The molecule has 0 aromatic heterocycles. The molecule has 136 valence electrons. The molecular formula is C19H26ClN3O2. The van der Waals surface area contributed by atoms with Gasteiger partial charge in [0.15, 0.2) is 0 Å². The molecule has 1 aromatic rings. The standard InChI is InChI=1S/C19H26ClN3O2/c1-12-3-2-4-14-18(21)15(20)9-16(19(14)25-12)23(11-24)17-10-22-7-5-13(17)6-8-22/h9,11-13,17H,2-8,10,21H2,1H3. The highest BCUT2D eigenvalue weighted by atomic mass is 35.5. The number of hydrogen-bond acceptors (Lipinski definition) is 4. The van der Waals surface area contributed by atoms with Crippen LogP contribution in [0.1, 0.15) is 38.2 Å². The predicted molar refractivity (Wildman–Crippen MR) is 100 cm³/mol. The van der Waals surface area contributed by atoms with Gasteiger partial charge in [-0.05, 0) is 64.1 Å². The van der Waals surface area contributed by atoms with E-state index in [2.05, 4.69) is 11.8 Å². The number of fused-ring (bicyclic) bond motifs is 4. The highest BCUT2D eigenvalue weighted by Crippen LogP contribution is 2.45. The lowest BCUT2D eigenvalue weighted by Crippen LogP contribution is -2.57. The molecule has 6 heteroatoms. The maximum atomic E-state index is 12.1. The summed E-state index contributed by atoms with van der Waals surface area (Å²) in [5.74, 6) is 1.31. The van der Waals surface area contributed by atoms with Crippen LogP contribution in [0.25, 0.3) is 0 Å². The molecule has 5 nitrogen and oxygen atoms in total. The number of rotatable bonds is 3. The third kappa shape index (κ3) is 2.97. The number of carbonyl (C=O) groups is 1. The van der Waals surface area contributed by atoms with Gasteiger partial charge in [0, 0.05) is 12.1 Å². The topological polar surface area (TPSA) is 58.8 Å². The van der Waals surface area contributed by atoms with Crippen LogP contribution < -0.4 is 15.4 Å². The van der Waals surface area contributed by atoms with Crippen molar-refractivity contribution < 1.29 is 9.53 Å². The average molecular weight is 364 g/mol. The van der Waals surface area contributed by atoms with Gasteiger partial charge < -0.3 is 20.3 Å². The molecule has 1 aromatic carbocycles. The Morgan fingerprint density at radius 3 is 2.76 bits per heavy atom. The first-order valence-corrected chi connectivity index (χ1v) is 9.69. The maximum absolute atomic E-state index is 12.1. The van der Waals surface area contributed by atoms with E-state index < -0.39 is 0 Å². The molecule has 3 saturated heterocycles. The number of nitrogen functional groups attached to an aromatic ring is 1. The smallest absolute Gasteiger partial charge is 0.214 e. The van der Waals surface area contributed by atoms with Crippen LogP contribution in [0.2, 0.25) is 5.02 Å². The minimum Gasteiger partial charge on any atom is -0.488 e. The van der Waals surface area contributed by atoms with Crippen molar-refractivity contribution in [3.05, 3.63) is 16.7 Å². The van der Waals surface area contributed by atoms with E-state index in [4.69, 9.17) is 22.1 Å². The summed E-state index contributed by atoms with van der Waals surface area (Å²) in [5, 5.41) is 0.514. The Bertz CT molecular complexity index is 673. The molecular weight excluding hydrogens is 338 g/mol. The highest BCUT2D eigenvalue weighted by Gasteiger charge is 2.39. The van der Waals surface area contributed by atoms with Crippen molar-refractivity contribution in [3.63, 3.8) is 0 Å². The van der Waals surface area contributed by atoms with Gasteiger partial charge in [0.05, 0.1) is 28.5 Å². The summed E-state index contributed by atoms with van der Waals surface area (Å²) in [4.78, 5) is 16.4. The zero-order valence-corrected chi connectivity index (χ0v) is 15.5. The fourth-order valence-electron chi connectivity index (χ4n) is 4.64. The molecule has 4 heterocycles. The van der Waals surface area contributed by atoms with Crippen LogP contribution in [0.5, 0.6) is 5.75 Å². The zero-order chi connectivity index (χ0) is 17.6. The molecule has 0 saturated carbocycles. The number of amides is 1. The van der Waals surface area contributed by atoms with Crippen molar-refractivity contribution in [3.8, 4) is 5.75 Å². The lowest BCUT2D eigenvalue weighted by Gasteiger charge is -2.48. The predicted octanol–water partition coefficient (Wildman–Crippen LogP) is 3.08. The van der Waals surface area contributed by atoms with Gasteiger partial charge in [0.1, 0.15) is 5.75 Å². The van der Waals surface area contributed by atoms with E-state index in [9.17, 15) is 4.79 Å². The second kappa shape index (κ2) is 6.69. The zero-order valence-electron chi connectivity index (χ0n) is 14.7. The van der Waals surface area contributed by atoms with E-state index in [-0.39, 0.29) is 12.1 Å². The lowest BCUT2D eigenvalue weighted by molar-refractivity contribution is -0.108. The van der Waals surface area contributed by atoms with E-state index in [0.29, 0.717) is 16.6 Å². The molecule has 0 spiro atoms. The molecule has 5 rings (SSSR count). The number of halogens is 1. The van der Waals surface area contributed by atoms with E-state index in [1.54, 1.807) is 0 Å². The maximum Gasteiger partial charge on any atom is 0.214 e. The number of carbonyl (C=O) groups excluding carboxylic acids is 1. The van der Waals surface area contributed by atoms with Gasteiger partial charge >= 0.3 is 0 Å². The van der Waals surface area contributed by atoms with E-state index in [1.807, 2.05) is 11.0 Å². The molecule has 0 radical (unpaired) electrons. The van der Waals surface area contributed by atoms with Gasteiger partial charge in [-0.25, -0.2) is 0 Å². The highest BCUT2D eigenvalue weighted by molar-refractivity contribution is 6.33. The fraction of sp³-hybridized carbons (Fsp3) is 0.632. The van der Waals surface area contributed by atoms with Crippen molar-refractivity contribution in [2.24, 2.45) is 5.92 Å². The van der Waals surface area contributed by atoms with Crippen LogP contribution in [0.3, 0.4) is 0 Å². The molecule has 4 aliphatic rings. The summed E-state index contributed by atoms with van der Waals surface area (Å²) in [6.07, 6.45) is 6.19. The third-order valence-corrected chi connectivity index (χ3v) is 6.39. The molecule has 2 unspecified atom stereocenters. The second-order valence-electron chi connectivity index (χ2n) is 7.64. The Morgan fingerprint density at radius 2 is 2.12 bits per heavy atom.